The number of amides is 2. The first-order valence-corrected chi connectivity index (χ1v) is 10.2. The topological polar surface area (TPSA) is 58.6 Å². The Balaban J connectivity index is 2.13. The number of aryl methyl sites for hydroxylation is 2. The van der Waals surface area contributed by atoms with Crippen molar-refractivity contribution in [2.45, 2.75) is 46.7 Å². The van der Waals surface area contributed by atoms with E-state index in [1.165, 1.54) is 4.90 Å². The standard InChI is InChI=1S/C23H29ClN2O3/c1-5-12-25-23(28)18(4)26(14-19-7-9-20(24)10-8-19)22(27)15-29-21-11-6-16(2)17(3)13-21/h6-11,13,18H,5,12,14-15H2,1-4H3,(H,25,28)/t18-/m1/s1. The molecule has 6 heteroatoms. The fourth-order valence-electron chi connectivity index (χ4n) is 2.80. The lowest BCUT2D eigenvalue weighted by molar-refractivity contribution is -0.142. The third-order valence-electron chi connectivity index (χ3n) is 4.82. The van der Waals surface area contributed by atoms with E-state index in [2.05, 4.69) is 5.32 Å². The van der Waals surface area contributed by atoms with E-state index in [1.807, 2.05) is 51.1 Å². The van der Waals surface area contributed by atoms with Crippen molar-refractivity contribution in [3.63, 3.8) is 0 Å². The number of nitrogens with one attached hydrogen (secondary N) is 1. The van der Waals surface area contributed by atoms with Gasteiger partial charge in [0.05, 0.1) is 0 Å². The summed E-state index contributed by atoms with van der Waals surface area (Å²) in [5.74, 6) is 0.202. The maximum absolute atomic E-state index is 13.0. The number of hydrogen-bond donors (Lipinski definition) is 1. The molecule has 0 aromatic heterocycles. The molecule has 0 aliphatic heterocycles. The van der Waals surface area contributed by atoms with Crippen molar-refractivity contribution in [2.75, 3.05) is 13.2 Å². The highest BCUT2D eigenvalue weighted by atomic mass is 35.5. The number of carbonyl (C=O) groups is 2. The van der Waals surface area contributed by atoms with Crippen molar-refractivity contribution in [3.8, 4) is 5.75 Å². The van der Waals surface area contributed by atoms with Crippen molar-refractivity contribution in [3.05, 3.63) is 64.2 Å². The van der Waals surface area contributed by atoms with Crippen LogP contribution in [0.5, 0.6) is 5.75 Å². The Kier molecular flexibility index (Phi) is 8.52. The molecule has 0 spiro atoms. The first-order valence-electron chi connectivity index (χ1n) is 9.83. The summed E-state index contributed by atoms with van der Waals surface area (Å²) in [4.78, 5) is 27.0. The molecule has 0 radical (unpaired) electrons. The van der Waals surface area contributed by atoms with Crippen LogP contribution in [-0.2, 0) is 16.1 Å². The zero-order valence-corrected chi connectivity index (χ0v) is 18.3. The van der Waals surface area contributed by atoms with E-state index in [0.717, 1.165) is 23.1 Å². The maximum Gasteiger partial charge on any atom is 0.261 e. The Labute approximate surface area is 178 Å². The molecule has 2 aromatic rings. The van der Waals surface area contributed by atoms with Crippen LogP contribution >= 0.6 is 11.6 Å². The van der Waals surface area contributed by atoms with Gasteiger partial charge in [-0.15, -0.1) is 0 Å². The molecular weight excluding hydrogens is 388 g/mol. The number of nitrogens with zero attached hydrogens (tertiary/aromatic N) is 1. The van der Waals surface area contributed by atoms with Crippen LogP contribution in [0.2, 0.25) is 5.02 Å². The van der Waals surface area contributed by atoms with Gasteiger partial charge in [0, 0.05) is 18.1 Å². The highest BCUT2D eigenvalue weighted by Gasteiger charge is 2.26. The molecule has 2 rings (SSSR count). The fraction of sp³-hybridized carbons (Fsp3) is 0.391. The van der Waals surface area contributed by atoms with Crippen molar-refractivity contribution in [2.24, 2.45) is 0 Å². The Morgan fingerprint density at radius 3 is 2.41 bits per heavy atom. The zero-order valence-electron chi connectivity index (χ0n) is 17.5. The molecule has 0 fully saturated rings. The van der Waals surface area contributed by atoms with Crippen molar-refractivity contribution in [1.82, 2.24) is 10.2 Å². The summed E-state index contributed by atoms with van der Waals surface area (Å²) in [7, 11) is 0. The van der Waals surface area contributed by atoms with Crippen LogP contribution < -0.4 is 10.1 Å². The smallest absolute Gasteiger partial charge is 0.261 e. The van der Waals surface area contributed by atoms with E-state index in [9.17, 15) is 9.59 Å². The summed E-state index contributed by atoms with van der Waals surface area (Å²) >= 11 is 5.96. The Morgan fingerprint density at radius 2 is 1.79 bits per heavy atom. The third-order valence-corrected chi connectivity index (χ3v) is 5.08. The van der Waals surface area contributed by atoms with Gasteiger partial charge in [-0.25, -0.2) is 0 Å². The normalized spacial score (nSPS) is 11.6. The number of halogens is 1. The monoisotopic (exact) mass is 416 g/mol. The molecule has 2 aromatic carbocycles. The number of hydrogen-bond acceptors (Lipinski definition) is 3. The van der Waals surface area contributed by atoms with Crippen LogP contribution in [0.15, 0.2) is 42.5 Å². The minimum Gasteiger partial charge on any atom is -0.484 e. The molecule has 0 bridgehead atoms. The van der Waals surface area contributed by atoms with Crippen molar-refractivity contribution < 1.29 is 14.3 Å². The second-order valence-corrected chi connectivity index (χ2v) is 7.59. The van der Waals surface area contributed by atoms with E-state index in [0.29, 0.717) is 23.9 Å². The van der Waals surface area contributed by atoms with E-state index < -0.39 is 6.04 Å². The lowest BCUT2D eigenvalue weighted by atomic mass is 10.1. The number of benzene rings is 2. The Hall–Kier alpha value is -2.53. The molecule has 0 unspecified atom stereocenters. The van der Waals surface area contributed by atoms with Gasteiger partial charge in [-0.2, -0.15) is 0 Å². The molecule has 0 saturated heterocycles. The predicted molar refractivity (Wildman–Crippen MR) is 116 cm³/mol. The largest absolute Gasteiger partial charge is 0.484 e. The molecular formula is C23H29ClN2O3. The summed E-state index contributed by atoms with van der Waals surface area (Å²) in [6, 6.07) is 12.3. The first-order chi connectivity index (χ1) is 13.8. The molecule has 0 aliphatic carbocycles. The van der Waals surface area contributed by atoms with E-state index in [4.69, 9.17) is 16.3 Å². The molecule has 156 valence electrons. The molecule has 0 aliphatic rings. The molecule has 5 nitrogen and oxygen atoms in total. The molecule has 1 N–H and O–H groups in total. The molecule has 0 saturated carbocycles. The zero-order chi connectivity index (χ0) is 21.4. The predicted octanol–water partition coefficient (Wildman–Crippen LogP) is 4.28. The summed E-state index contributed by atoms with van der Waals surface area (Å²) < 4.78 is 5.71. The van der Waals surface area contributed by atoms with Gasteiger partial charge in [0.1, 0.15) is 11.8 Å². The van der Waals surface area contributed by atoms with E-state index in [1.54, 1.807) is 19.1 Å². The van der Waals surface area contributed by atoms with Crippen molar-refractivity contribution in [1.29, 1.82) is 0 Å². The number of rotatable bonds is 9. The van der Waals surface area contributed by atoms with Gasteiger partial charge in [-0.1, -0.05) is 36.7 Å². The highest BCUT2D eigenvalue weighted by molar-refractivity contribution is 6.30. The minimum absolute atomic E-state index is 0.137. The molecule has 2 amide bonds. The van der Waals surface area contributed by atoms with Crippen LogP contribution in [0.1, 0.15) is 37.0 Å². The molecule has 1 atom stereocenters. The maximum atomic E-state index is 13.0. The first kappa shape index (κ1) is 22.8. The van der Waals surface area contributed by atoms with Crippen molar-refractivity contribution >= 4 is 23.4 Å². The quantitative estimate of drug-likeness (QED) is 0.663. The lowest BCUT2D eigenvalue weighted by Crippen LogP contribution is -2.49. The van der Waals surface area contributed by atoms with Gasteiger partial charge >= 0.3 is 0 Å². The lowest BCUT2D eigenvalue weighted by Gasteiger charge is -2.28. The van der Waals surface area contributed by atoms with Crippen LogP contribution in [0.3, 0.4) is 0 Å². The van der Waals surface area contributed by atoms with Gasteiger partial charge in [0.25, 0.3) is 5.91 Å². The number of ether oxygens (including phenoxy) is 1. The van der Waals surface area contributed by atoms with Gasteiger partial charge in [-0.3, -0.25) is 9.59 Å². The summed E-state index contributed by atoms with van der Waals surface area (Å²) in [6.45, 7) is 8.47. The second-order valence-electron chi connectivity index (χ2n) is 7.15. The summed E-state index contributed by atoms with van der Waals surface area (Å²) in [5, 5.41) is 3.48. The van der Waals surface area contributed by atoms with Gasteiger partial charge in [0.15, 0.2) is 6.61 Å². The van der Waals surface area contributed by atoms with Gasteiger partial charge < -0.3 is 15.0 Å². The Morgan fingerprint density at radius 1 is 1.10 bits per heavy atom. The van der Waals surface area contributed by atoms with Crippen LogP contribution in [0, 0.1) is 13.8 Å². The average molecular weight is 417 g/mol. The van der Waals surface area contributed by atoms with E-state index in [-0.39, 0.29) is 18.4 Å². The second kappa shape index (κ2) is 10.9. The third kappa shape index (κ3) is 6.79. The minimum atomic E-state index is -0.618. The summed E-state index contributed by atoms with van der Waals surface area (Å²) in [6.07, 6.45) is 0.833. The molecule has 29 heavy (non-hydrogen) atoms. The Bertz CT molecular complexity index is 837. The van der Waals surface area contributed by atoms with Crippen LogP contribution in [0.4, 0.5) is 0 Å². The highest BCUT2D eigenvalue weighted by Crippen LogP contribution is 2.18. The van der Waals surface area contributed by atoms with Gasteiger partial charge in [0.2, 0.25) is 5.91 Å². The van der Waals surface area contributed by atoms with Gasteiger partial charge in [-0.05, 0) is 68.1 Å². The number of carbonyl (C=O) groups excluding carboxylic acids is 2. The average Bonchev–Trinajstić information content (AvgIpc) is 2.71. The van der Waals surface area contributed by atoms with Crippen LogP contribution in [-0.4, -0.2) is 35.9 Å². The summed E-state index contributed by atoms with van der Waals surface area (Å²) in [5.41, 5.74) is 3.15. The fourth-order valence-corrected chi connectivity index (χ4v) is 2.92. The molecule has 0 heterocycles. The van der Waals surface area contributed by atoms with E-state index >= 15 is 0 Å². The van der Waals surface area contributed by atoms with Crippen LogP contribution in [0.25, 0.3) is 0 Å². The SMILES string of the molecule is CCCNC(=O)[C@@H](C)N(Cc1ccc(Cl)cc1)C(=O)COc1ccc(C)c(C)c1.